The van der Waals surface area contributed by atoms with Gasteiger partial charge >= 0.3 is 0 Å². The Hall–Kier alpha value is -3.30. The van der Waals surface area contributed by atoms with E-state index in [1.54, 1.807) is 47.3 Å². The average molecular weight is 469 g/mol. The van der Waals surface area contributed by atoms with Crippen LogP contribution in [0.3, 0.4) is 0 Å². The minimum atomic E-state index is -3.87. The highest BCUT2D eigenvalue weighted by molar-refractivity contribution is 7.92. The van der Waals surface area contributed by atoms with Crippen molar-refractivity contribution in [3.05, 3.63) is 90.4 Å². The number of aryl methyl sites for hydroxylation is 1. The van der Waals surface area contributed by atoms with E-state index in [9.17, 15) is 21.6 Å². The van der Waals surface area contributed by atoms with E-state index in [0.29, 0.717) is 12.0 Å². The van der Waals surface area contributed by atoms with Crippen LogP contribution in [0.4, 0.5) is 0 Å². The first-order chi connectivity index (χ1) is 15.1. The van der Waals surface area contributed by atoms with Gasteiger partial charge in [0.15, 0.2) is 15.6 Å². The van der Waals surface area contributed by atoms with E-state index in [1.807, 2.05) is 0 Å². The molecule has 0 fully saturated rings. The summed E-state index contributed by atoms with van der Waals surface area (Å²) in [4.78, 5) is 16.6. The quantitative estimate of drug-likeness (QED) is 0.385. The molecule has 164 valence electrons. The van der Waals surface area contributed by atoms with Gasteiger partial charge in [-0.3, -0.25) is 4.79 Å². The molecule has 4 rings (SSSR count). The molecular formula is C23H20N2O5S2. The lowest BCUT2D eigenvalue weighted by Crippen LogP contribution is -2.05. The highest BCUT2D eigenvalue weighted by Crippen LogP contribution is 2.24. The van der Waals surface area contributed by atoms with Crippen LogP contribution in [0.25, 0.3) is 5.65 Å². The average Bonchev–Trinajstić information content (AvgIpc) is 3.25. The predicted octanol–water partition coefficient (Wildman–Crippen LogP) is 3.39. The van der Waals surface area contributed by atoms with Gasteiger partial charge in [-0.2, -0.15) is 0 Å². The van der Waals surface area contributed by atoms with Crippen molar-refractivity contribution in [1.82, 2.24) is 9.38 Å². The van der Waals surface area contributed by atoms with Crippen molar-refractivity contribution in [2.45, 2.75) is 27.5 Å². The van der Waals surface area contributed by atoms with E-state index in [2.05, 4.69) is 4.98 Å². The molecule has 0 aliphatic carbocycles. The second-order valence-electron chi connectivity index (χ2n) is 7.43. The molecule has 4 aromatic rings. The number of fused-ring (bicyclic) bond motifs is 1. The summed E-state index contributed by atoms with van der Waals surface area (Å²) in [5.74, 6) is -0.0186. The first kappa shape index (κ1) is 21.9. The number of hydrogen-bond donors (Lipinski definition) is 0. The fourth-order valence-electron chi connectivity index (χ4n) is 3.33. The molecule has 0 amide bonds. The summed E-state index contributed by atoms with van der Waals surface area (Å²) in [6.07, 6.45) is 6.95. The summed E-state index contributed by atoms with van der Waals surface area (Å²) in [6.45, 7) is 0. The molecule has 9 heteroatoms. The van der Waals surface area contributed by atoms with E-state index in [4.69, 9.17) is 0 Å². The Morgan fingerprint density at radius 1 is 0.906 bits per heavy atom. The van der Waals surface area contributed by atoms with Gasteiger partial charge in [0.2, 0.25) is 9.84 Å². The van der Waals surface area contributed by atoms with Gasteiger partial charge in [0, 0.05) is 36.8 Å². The van der Waals surface area contributed by atoms with Gasteiger partial charge < -0.3 is 4.40 Å². The lowest BCUT2D eigenvalue weighted by molar-refractivity contribution is 0.0982. The molecule has 7 nitrogen and oxygen atoms in total. The van der Waals surface area contributed by atoms with E-state index in [1.165, 1.54) is 30.3 Å². The minimum absolute atomic E-state index is 0.0186. The Morgan fingerprint density at radius 2 is 1.62 bits per heavy atom. The number of hydrogen-bond acceptors (Lipinski definition) is 6. The van der Waals surface area contributed by atoms with Crippen LogP contribution in [0.15, 0.2) is 93.9 Å². The number of benzene rings is 2. The first-order valence-corrected chi connectivity index (χ1v) is 13.1. The highest BCUT2D eigenvalue weighted by Gasteiger charge is 2.20. The molecule has 2 heterocycles. The number of aromatic nitrogens is 2. The third-order valence-corrected chi connectivity index (χ3v) is 8.01. The largest absolute Gasteiger partial charge is 0.306 e. The Kier molecular flexibility index (Phi) is 5.70. The number of imidazole rings is 1. The van der Waals surface area contributed by atoms with Crippen molar-refractivity contribution in [3.63, 3.8) is 0 Å². The van der Waals surface area contributed by atoms with Crippen LogP contribution in [-0.4, -0.2) is 38.3 Å². The molecule has 0 aliphatic rings. The number of ketones is 1. The van der Waals surface area contributed by atoms with Crippen molar-refractivity contribution >= 4 is 31.1 Å². The van der Waals surface area contributed by atoms with Crippen molar-refractivity contribution in [2.24, 2.45) is 0 Å². The second kappa shape index (κ2) is 8.33. The summed E-state index contributed by atoms with van der Waals surface area (Å²) >= 11 is 0. The summed E-state index contributed by atoms with van der Waals surface area (Å²) in [6, 6.07) is 15.1. The Balaban J connectivity index is 1.48. The van der Waals surface area contributed by atoms with Gasteiger partial charge in [-0.05, 0) is 54.4 Å². The number of rotatable bonds is 7. The van der Waals surface area contributed by atoms with E-state index < -0.39 is 19.7 Å². The van der Waals surface area contributed by atoms with Gasteiger partial charge in [0.05, 0.1) is 14.7 Å². The topological polar surface area (TPSA) is 103 Å². The maximum absolute atomic E-state index is 12.9. The smallest absolute Gasteiger partial charge is 0.206 e. The summed E-state index contributed by atoms with van der Waals surface area (Å²) in [5, 5.41) is 0. The van der Waals surface area contributed by atoms with Crippen LogP contribution < -0.4 is 0 Å². The summed E-state index contributed by atoms with van der Waals surface area (Å²) in [7, 11) is -7.39. The first-order valence-electron chi connectivity index (χ1n) is 9.75. The third kappa shape index (κ3) is 4.49. The van der Waals surface area contributed by atoms with Gasteiger partial charge in [0.1, 0.15) is 5.65 Å². The van der Waals surface area contributed by atoms with Gasteiger partial charge in [-0.1, -0.05) is 18.2 Å². The molecule has 0 saturated carbocycles. The molecule has 0 radical (unpaired) electrons. The number of pyridine rings is 1. The summed E-state index contributed by atoms with van der Waals surface area (Å²) in [5.41, 5.74) is 2.17. The normalized spacial score (nSPS) is 12.2. The van der Waals surface area contributed by atoms with Gasteiger partial charge in [0.25, 0.3) is 0 Å². The van der Waals surface area contributed by atoms with Crippen molar-refractivity contribution in [3.8, 4) is 0 Å². The number of carbonyl (C=O) groups is 1. The second-order valence-corrected chi connectivity index (χ2v) is 11.4. The molecule has 2 aromatic carbocycles. The van der Waals surface area contributed by atoms with Crippen LogP contribution >= 0.6 is 0 Å². The number of nitrogens with zero attached hydrogens (tertiary/aromatic N) is 2. The van der Waals surface area contributed by atoms with Gasteiger partial charge in [-0.15, -0.1) is 0 Å². The molecule has 32 heavy (non-hydrogen) atoms. The molecule has 0 aliphatic heterocycles. The van der Waals surface area contributed by atoms with Gasteiger partial charge in [-0.25, -0.2) is 21.8 Å². The Morgan fingerprint density at radius 3 is 2.34 bits per heavy atom. The molecule has 0 unspecified atom stereocenters. The van der Waals surface area contributed by atoms with Crippen LogP contribution in [-0.2, 0) is 26.1 Å². The highest BCUT2D eigenvalue weighted by atomic mass is 32.2. The standard InChI is InChI=1S/C23H20N2O5S2/c1-31(27,28)20-3-2-4-21(15-20)32(29,30)19-9-5-17(6-10-19)7-11-22(26)18-8-12-23-24-13-14-25(23)16-18/h2-6,8-10,12-16H,7,11H2,1H3. The van der Waals surface area contributed by atoms with Crippen molar-refractivity contribution in [1.29, 1.82) is 0 Å². The molecule has 0 atom stereocenters. The molecular weight excluding hydrogens is 448 g/mol. The lowest BCUT2D eigenvalue weighted by Gasteiger charge is -2.08. The minimum Gasteiger partial charge on any atom is -0.306 e. The third-order valence-electron chi connectivity index (χ3n) is 5.13. The lowest BCUT2D eigenvalue weighted by atomic mass is 10.0. The zero-order valence-corrected chi connectivity index (χ0v) is 18.8. The van der Waals surface area contributed by atoms with E-state index >= 15 is 0 Å². The van der Waals surface area contributed by atoms with Crippen LogP contribution in [0.5, 0.6) is 0 Å². The van der Waals surface area contributed by atoms with Crippen LogP contribution in [0.1, 0.15) is 22.3 Å². The fraction of sp³-hybridized carbons (Fsp3) is 0.130. The summed E-state index contributed by atoms with van der Waals surface area (Å²) < 4.78 is 51.1. The molecule has 2 aromatic heterocycles. The fourth-order valence-corrected chi connectivity index (χ4v) is 5.38. The molecule has 0 bridgehead atoms. The predicted molar refractivity (Wildman–Crippen MR) is 119 cm³/mol. The number of Topliss-reactive ketones (excluding diaryl/α,β-unsaturated/α-hetero) is 1. The molecule has 0 saturated heterocycles. The van der Waals surface area contributed by atoms with Crippen molar-refractivity contribution < 1.29 is 21.6 Å². The van der Waals surface area contributed by atoms with Crippen LogP contribution in [0.2, 0.25) is 0 Å². The number of carbonyl (C=O) groups excluding carboxylic acids is 1. The zero-order valence-electron chi connectivity index (χ0n) is 17.2. The SMILES string of the molecule is CS(=O)(=O)c1cccc(S(=O)(=O)c2ccc(CCC(=O)c3ccc4nccn4c3)cc2)c1. The molecule has 0 N–H and O–H groups in total. The Bertz CT molecular complexity index is 1520. The monoisotopic (exact) mass is 468 g/mol. The van der Waals surface area contributed by atoms with Crippen LogP contribution in [0, 0.1) is 0 Å². The zero-order chi connectivity index (χ0) is 22.9. The van der Waals surface area contributed by atoms with E-state index in [0.717, 1.165) is 23.5 Å². The number of sulfone groups is 2. The van der Waals surface area contributed by atoms with E-state index in [-0.39, 0.29) is 26.9 Å². The molecule has 0 spiro atoms. The van der Waals surface area contributed by atoms with Crippen molar-refractivity contribution in [2.75, 3.05) is 6.26 Å². The Labute approximate surface area is 186 Å². The maximum Gasteiger partial charge on any atom is 0.206 e. The maximum atomic E-state index is 12.9.